The van der Waals surface area contributed by atoms with E-state index >= 15 is 0 Å². The number of hydrogen-bond donors (Lipinski definition) is 2. The smallest absolute Gasteiger partial charge is 0.434 e. The van der Waals surface area contributed by atoms with Crippen molar-refractivity contribution in [2.75, 3.05) is 6.54 Å². The highest BCUT2D eigenvalue weighted by Crippen LogP contribution is 2.30. The molecule has 0 saturated heterocycles. The standard InChI is InChI=1S/C16H16F6N4OS.HI/c1-2-23-15(25-7-13-26-12(8-28-13)16(20,21)22)24-6-9-10(17)4-3-5-11(9)27-14(18)19;/h3-5,8,14H,2,6-7H2,1H3,(H2,23,24,25);1H. The Morgan fingerprint density at radius 2 is 2.00 bits per heavy atom. The average molecular weight is 554 g/mol. The summed E-state index contributed by atoms with van der Waals surface area (Å²) in [5.41, 5.74) is -1.16. The molecule has 0 unspecified atom stereocenters. The van der Waals surface area contributed by atoms with Crippen molar-refractivity contribution in [3.05, 3.63) is 45.7 Å². The van der Waals surface area contributed by atoms with Gasteiger partial charge in [0.15, 0.2) is 11.7 Å². The van der Waals surface area contributed by atoms with Crippen molar-refractivity contribution in [2.24, 2.45) is 4.99 Å². The van der Waals surface area contributed by atoms with Gasteiger partial charge in [-0.2, -0.15) is 22.0 Å². The molecular weight excluding hydrogens is 537 g/mol. The lowest BCUT2D eigenvalue weighted by molar-refractivity contribution is -0.140. The number of halogens is 7. The van der Waals surface area contributed by atoms with E-state index in [1.165, 1.54) is 12.1 Å². The van der Waals surface area contributed by atoms with E-state index in [2.05, 4.69) is 25.3 Å². The van der Waals surface area contributed by atoms with Crippen LogP contribution in [0.5, 0.6) is 5.75 Å². The van der Waals surface area contributed by atoms with Gasteiger partial charge in [0.1, 0.15) is 16.6 Å². The van der Waals surface area contributed by atoms with Crippen molar-refractivity contribution in [3.63, 3.8) is 0 Å². The van der Waals surface area contributed by atoms with E-state index in [9.17, 15) is 26.3 Å². The summed E-state index contributed by atoms with van der Waals surface area (Å²) in [6.45, 7) is -1.34. The summed E-state index contributed by atoms with van der Waals surface area (Å²) in [6, 6.07) is 3.50. The first kappa shape index (κ1) is 25.3. The summed E-state index contributed by atoms with van der Waals surface area (Å²) < 4.78 is 80.9. The Bertz CT molecular complexity index is 815. The Balaban J connectivity index is 0.00000420. The fourth-order valence-corrected chi connectivity index (χ4v) is 2.82. The second-order valence-electron chi connectivity index (χ2n) is 5.27. The lowest BCUT2D eigenvalue weighted by Crippen LogP contribution is -2.36. The number of alkyl halides is 5. The zero-order valence-corrected chi connectivity index (χ0v) is 18.0. The second kappa shape index (κ2) is 11.4. The largest absolute Gasteiger partial charge is 0.434 e. The number of thiazole rings is 1. The fraction of sp³-hybridized carbons (Fsp3) is 0.375. The van der Waals surface area contributed by atoms with Crippen molar-refractivity contribution in [1.82, 2.24) is 15.6 Å². The Labute approximate surface area is 183 Å². The molecule has 0 amide bonds. The molecule has 1 aromatic heterocycles. The lowest BCUT2D eigenvalue weighted by atomic mass is 10.2. The number of hydrogen-bond acceptors (Lipinski definition) is 4. The maximum atomic E-state index is 14.0. The summed E-state index contributed by atoms with van der Waals surface area (Å²) in [6.07, 6.45) is -4.53. The normalized spacial score (nSPS) is 11.9. The molecule has 0 bridgehead atoms. The Morgan fingerprint density at radius 1 is 1.28 bits per heavy atom. The van der Waals surface area contributed by atoms with Crippen molar-refractivity contribution in [2.45, 2.75) is 32.8 Å². The summed E-state index contributed by atoms with van der Waals surface area (Å²) in [7, 11) is 0. The van der Waals surface area contributed by atoms with E-state index in [-0.39, 0.29) is 59.3 Å². The van der Waals surface area contributed by atoms with Crippen LogP contribution in [0, 0.1) is 5.82 Å². The minimum Gasteiger partial charge on any atom is -0.434 e. The molecule has 1 aromatic carbocycles. The number of benzene rings is 1. The first-order chi connectivity index (χ1) is 13.2. The molecular formula is C16H17F6IN4OS. The summed E-state index contributed by atoms with van der Waals surface area (Å²) in [5, 5.41) is 6.65. The molecule has 2 rings (SSSR count). The minimum atomic E-state index is -4.53. The van der Waals surface area contributed by atoms with Gasteiger partial charge in [-0.3, -0.25) is 0 Å². The minimum absolute atomic E-state index is 0. The first-order valence-electron chi connectivity index (χ1n) is 7.96. The Kier molecular flexibility index (Phi) is 9.95. The molecule has 0 radical (unpaired) electrons. The van der Waals surface area contributed by atoms with E-state index < -0.39 is 24.3 Å². The van der Waals surface area contributed by atoms with Crippen LogP contribution in [0.15, 0.2) is 28.6 Å². The molecule has 0 saturated carbocycles. The Morgan fingerprint density at radius 3 is 2.59 bits per heavy atom. The van der Waals surface area contributed by atoms with Crippen LogP contribution < -0.4 is 15.4 Å². The van der Waals surface area contributed by atoms with Crippen LogP contribution in [0.3, 0.4) is 0 Å². The predicted octanol–water partition coefficient (Wildman–Crippen LogP) is 4.78. The van der Waals surface area contributed by atoms with E-state index in [1.807, 2.05) is 0 Å². The Hall–Kier alpha value is -1.77. The molecule has 5 nitrogen and oxygen atoms in total. The second-order valence-corrected chi connectivity index (χ2v) is 6.21. The van der Waals surface area contributed by atoms with Gasteiger partial charge in [0, 0.05) is 11.9 Å². The van der Waals surface area contributed by atoms with Gasteiger partial charge in [0.2, 0.25) is 0 Å². The number of ether oxygens (including phenoxy) is 1. The predicted molar refractivity (Wildman–Crippen MR) is 107 cm³/mol. The van der Waals surface area contributed by atoms with E-state index in [0.717, 1.165) is 22.8 Å². The number of aliphatic imine (C=N–C) groups is 1. The van der Waals surface area contributed by atoms with Crippen molar-refractivity contribution in [1.29, 1.82) is 0 Å². The van der Waals surface area contributed by atoms with Crippen LogP contribution in [0.4, 0.5) is 26.3 Å². The summed E-state index contributed by atoms with van der Waals surface area (Å²) in [5.74, 6) is -0.964. The van der Waals surface area contributed by atoms with Gasteiger partial charge in [-0.25, -0.2) is 14.4 Å². The van der Waals surface area contributed by atoms with Crippen molar-refractivity contribution >= 4 is 41.3 Å². The molecule has 0 aliphatic rings. The van der Waals surface area contributed by atoms with Crippen LogP contribution >= 0.6 is 35.3 Å². The molecule has 0 atom stereocenters. The molecule has 2 aromatic rings. The molecule has 0 spiro atoms. The van der Waals surface area contributed by atoms with Gasteiger partial charge in [0.25, 0.3) is 0 Å². The van der Waals surface area contributed by atoms with Gasteiger partial charge in [-0.15, -0.1) is 35.3 Å². The number of guanidine groups is 1. The average Bonchev–Trinajstić information content (AvgIpc) is 3.08. The number of nitrogens with one attached hydrogen (secondary N) is 2. The third-order valence-electron chi connectivity index (χ3n) is 3.28. The summed E-state index contributed by atoms with van der Waals surface area (Å²) in [4.78, 5) is 7.54. The van der Waals surface area contributed by atoms with Gasteiger partial charge >= 0.3 is 12.8 Å². The van der Waals surface area contributed by atoms with Crippen molar-refractivity contribution < 1.29 is 31.1 Å². The quantitative estimate of drug-likeness (QED) is 0.224. The highest BCUT2D eigenvalue weighted by molar-refractivity contribution is 14.0. The monoisotopic (exact) mass is 554 g/mol. The molecule has 13 heteroatoms. The van der Waals surface area contributed by atoms with E-state index in [0.29, 0.717) is 6.54 Å². The maximum absolute atomic E-state index is 14.0. The zero-order chi connectivity index (χ0) is 20.7. The maximum Gasteiger partial charge on any atom is 0.434 e. The molecule has 29 heavy (non-hydrogen) atoms. The third-order valence-corrected chi connectivity index (χ3v) is 4.13. The molecule has 0 aliphatic carbocycles. The van der Waals surface area contributed by atoms with Crippen LogP contribution in [-0.2, 0) is 19.3 Å². The molecule has 162 valence electrons. The first-order valence-corrected chi connectivity index (χ1v) is 8.84. The van der Waals surface area contributed by atoms with Crippen molar-refractivity contribution in [3.8, 4) is 5.75 Å². The van der Waals surface area contributed by atoms with Crippen LogP contribution in [-0.4, -0.2) is 24.1 Å². The zero-order valence-electron chi connectivity index (χ0n) is 14.9. The molecule has 1 heterocycles. The van der Waals surface area contributed by atoms with Gasteiger partial charge < -0.3 is 15.4 Å². The van der Waals surface area contributed by atoms with E-state index in [4.69, 9.17) is 0 Å². The molecule has 2 N–H and O–H groups in total. The number of aromatic nitrogens is 1. The van der Waals surface area contributed by atoms with Crippen LogP contribution in [0.25, 0.3) is 0 Å². The van der Waals surface area contributed by atoms with Gasteiger partial charge in [-0.1, -0.05) is 6.07 Å². The van der Waals surface area contributed by atoms with E-state index in [1.54, 1.807) is 6.92 Å². The third kappa shape index (κ3) is 7.87. The van der Waals surface area contributed by atoms with Crippen LogP contribution in [0.2, 0.25) is 0 Å². The lowest BCUT2D eigenvalue weighted by Gasteiger charge is -2.12. The topological polar surface area (TPSA) is 58.5 Å². The number of nitrogens with zero attached hydrogens (tertiary/aromatic N) is 2. The highest BCUT2D eigenvalue weighted by atomic mass is 127. The van der Waals surface area contributed by atoms with Crippen LogP contribution in [0.1, 0.15) is 23.2 Å². The summed E-state index contributed by atoms with van der Waals surface area (Å²) >= 11 is 0.823. The number of rotatable bonds is 7. The molecule has 0 aliphatic heterocycles. The molecule has 0 fully saturated rings. The highest BCUT2D eigenvalue weighted by Gasteiger charge is 2.33. The van der Waals surface area contributed by atoms with Gasteiger partial charge in [-0.05, 0) is 19.1 Å². The fourth-order valence-electron chi connectivity index (χ4n) is 2.08. The van der Waals surface area contributed by atoms with Gasteiger partial charge in [0.05, 0.1) is 18.7 Å². The SMILES string of the molecule is CCNC(=NCc1c(F)cccc1OC(F)F)NCc1nc(C(F)(F)F)cs1.I.